The lowest BCUT2D eigenvalue weighted by atomic mass is 9.88. The van der Waals surface area contributed by atoms with Crippen molar-refractivity contribution in [3.8, 4) is 0 Å². The van der Waals surface area contributed by atoms with Crippen LogP contribution in [-0.2, 0) is 16.0 Å². The summed E-state index contributed by atoms with van der Waals surface area (Å²) in [5.74, 6) is 0.932. The van der Waals surface area contributed by atoms with E-state index < -0.39 is 6.04 Å². The number of hydrogen-bond donors (Lipinski definition) is 1. The molecule has 2 amide bonds. The van der Waals surface area contributed by atoms with Crippen LogP contribution in [0.25, 0.3) is 0 Å². The number of carbonyl (C=O) groups is 2. The summed E-state index contributed by atoms with van der Waals surface area (Å²) in [4.78, 5) is 27.6. The van der Waals surface area contributed by atoms with Crippen LogP contribution in [0.2, 0.25) is 0 Å². The lowest BCUT2D eigenvalue weighted by Crippen LogP contribution is -2.48. The average molecular weight is 340 g/mol. The second-order valence-electron chi connectivity index (χ2n) is 7.91. The molecule has 2 fully saturated rings. The molecule has 1 unspecified atom stereocenters. The first-order valence-corrected chi connectivity index (χ1v) is 9.90. The van der Waals surface area contributed by atoms with Crippen molar-refractivity contribution < 1.29 is 9.59 Å². The molecule has 2 aliphatic carbocycles. The number of rotatable bonds is 4. The van der Waals surface area contributed by atoms with Gasteiger partial charge in [-0.15, -0.1) is 0 Å². The number of fused-ring (bicyclic) bond motifs is 1. The van der Waals surface area contributed by atoms with Gasteiger partial charge in [-0.25, -0.2) is 0 Å². The SMILES string of the molecule is O=C(NCC1CCCCC1)C1c2ccccc2CCN1C(=O)C1CC1. The first-order valence-electron chi connectivity index (χ1n) is 9.90. The summed E-state index contributed by atoms with van der Waals surface area (Å²) in [5.41, 5.74) is 2.23. The highest BCUT2D eigenvalue weighted by molar-refractivity contribution is 5.91. The topological polar surface area (TPSA) is 49.4 Å². The van der Waals surface area contributed by atoms with E-state index in [1.807, 2.05) is 23.1 Å². The molecule has 0 radical (unpaired) electrons. The molecule has 1 aromatic carbocycles. The molecular weight excluding hydrogens is 312 g/mol. The number of nitrogens with one attached hydrogen (secondary N) is 1. The smallest absolute Gasteiger partial charge is 0.247 e. The molecule has 4 nitrogen and oxygen atoms in total. The Hall–Kier alpha value is -1.84. The fourth-order valence-electron chi connectivity index (χ4n) is 4.38. The van der Waals surface area contributed by atoms with Gasteiger partial charge in [0.1, 0.15) is 6.04 Å². The monoisotopic (exact) mass is 340 g/mol. The summed E-state index contributed by atoms with van der Waals surface area (Å²) < 4.78 is 0. The molecule has 0 spiro atoms. The van der Waals surface area contributed by atoms with Gasteiger partial charge in [0.15, 0.2) is 0 Å². The molecule has 2 saturated carbocycles. The van der Waals surface area contributed by atoms with Gasteiger partial charge in [0.25, 0.3) is 0 Å². The van der Waals surface area contributed by atoms with E-state index in [0.717, 1.165) is 31.4 Å². The van der Waals surface area contributed by atoms with E-state index in [2.05, 4.69) is 11.4 Å². The Morgan fingerprint density at radius 1 is 1.04 bits per heavy atom. The first-order chi connectivity index (χ1) is 12.2. The Bertz CT molecular complexity index is 647. The molecule has 0 bridgehead atoms. The van der Waals surface area contributed by atoms with Gasteiger partial charge < -0.3 is 10.2 Å². The maximum Gasteiger partial charge on any atom is 0.247 e. The van der Waals surface area contributed by atoms with Crippen molar-refractivity contribution in [2.24, 2.45) is 11.8 Å². The van der Waals surface area contributed by atoms with Gasteiger partial charge in [-0.3, -0.25) is 9.59 Å². The standard InChI is InChI=1S/C21H28N2O2/c24-20(22-14-15-6-2-1-3-7-15)19-18-9-5-4-8-16(18)12-13-23(19)21(25)17-10-11-17/h4-5,8-9,15,17,19H,1-3,6-7,10-14H2,(H,22,24). The van der Waals surface area contributed by atoms with Crippen LogP contribution >= 0.6 is 0 Å². The van der Waals surface area contributed by atoms with E-state index >= 15 is 0 Å². The van der Waals surface area contributed by atoms with Crippen LogP contribution in [0.15, 0.2) is 24.3 Å². The number of carbonyl (C=O) groups excluding carboxylic acids is 2. The lowest BCUT2D eigenvalue weighted by Gasteiger charge is -2.37. The molecule has 4 heteroatoms. The second-order valence-corrected chi connectivity index (χ2v) is 7.91. The van der Waals surface area contributed by atoms with Crippen molar-refractivity contribution in [3.05, 3.63) is 35.4 Å². The van der Waals surface area contributed by atoms with E-state index in [0.29, 0.717) is 12.5 Å². The first kappa shape index (κ1) is 16.6. The van der Waals surface area contributed by atoms with E-state index in [1.54, 1.807) is 0 Å². The fourth-order valence-corrected chi connectivity index (χ4v) is 4.38. The molecule has 25 heavy (non-hydrogen) atoms. The van der Waals surface area contributed by atoms with Gasteiger partial charge in [0, 0.05) is 19.0 Å². The molecule has 0 aromatic heterocycles. The van der Waals surface area contributed by atoms with Crippen molar-refractivity contribution in [2.75, 3.05) is 13.1 Å². The molecule has 4 rings (SSSR count). The van der Waals surface area contributed by atoms with Crippen molar-refractivity contribution in [3.63, 3.8) is 0 Å². The van der Waals surface area contributed by atoms with Crippen LogP contribution in [0.5, 0.6) is 0 Å². The highest BCUT2D eigenvalue weighted by Crippen LogP contribution is 2.37. The van der Waals surface area contributed by atoms with E-state index in [1.165, 1.54) is 37.7 Å². The number of nitrogens with zero attached hydrogens (tertiary/aromatic N) is 1. The molecule has 3 aliphatic rings. The van der Waals surface area contributed by atoms with Crippen molar-refractivity contribution >= 4 is 11.8 Å². The minimum absolute atomic E-state index is 0.00623. The van der Waals surface area contributed by atoms with Gasteiger partial charge in [0.05, 0.1) is 0 Å². The summed E-state index contributed by atoms with van der Waals surface area (Å²) in [6.07, 6.45) is 9.11. The third kappa shape index (κ3) is 3.58. The zero-order chi connectivity index (χ0) is 17.2. The molecule has 1 N–H and O–H groups in total. The third-order valence-electron chi connectivity index (χ3n) is 6.03. The Morgan fingerprint density at radius 3 is 2.56 bits per heavy atom. The van der Waals surface area contributed by atoms with E-state index in [4.69, 9.17) is 0 Å². The zero-order valence-electron chi connectivity index (χ0n) is 14.9. The molecule has 1 aliphatic heterocycles. The Kier molecular flexibility index (Phi) is 4.78. The summed E-state index contributed by atoms with van der Waals surface area (Å²) in [7, 11) is 0. The van der Waals surface area contributed by atoms with Crippen molar-refractivity contribution in [1.82, 2.24) is 10.2 Å². The minimum Gasteiger partial charge on any atom is -0.354 e. The Labute approximate surface area is 150 Å². The van der Waals surface area contributed by atoms with Gasteiger partial charge in [-0.2, -0.15) is 0 Å². The van der Waals surface area contributed by atoms with Crippen LogP contribution in [0.4, 0.5) is 0 Å². The molecule has 0 saturated heterocycles. The van der Waals surface area contributed by atoms with Crippen LogP contribution < -0.4 is 5.32 Å². The van der Waals surface area contributed by atoms with Crippen molar-refractivity contribution in [2.45, 2.75) is 57.4 Å². The minimum atomic E-state index is -0.443. The maximum absolute atomic E-state index is 13.1. The van der Waals surface area contributed by atoms with E-state index in [-0.39, 0.29) is 17.7 Å². The van der Waals surface area contributed by atoms with Crippen LogP contribution in [0.3, 0.4) is 0 Å². The largest absolute Gasteiger partial charge is 0.354 e. The lowest BCUT2D eigenvalue weighted by molar-refractivity contribution is -0.142. The number of benzene rings is 1. The highest BCUT2D eigenvalue weighted by atomic mass is 16.2. The number of hydrogen-bond acceptors (Lipinski definition) is 2. The zero-order valence-corrected chi connectivity index (χ0v) is 14.9. The normalized spacial score (nSPS) is 23.8. The molecule has 134 valence electrons. The number of amides is 2. The fraction of sp³-hybridized carbons (Fsp3) is 0.619. The summed E-state index contributed by atoms with van der Waals surface area (Å²) in [5, 5.41) is 3.17. The predicted molar refractivity (Wildman–Crippen MR) is 96.9 cm³/mol. The molecule has 1 aromatic rings. The maximum atomic E-state index is 13.1. The average Bonchev–Trinajstić information content (AvgIpc) is 3.50. The third-order valence-corrected chi connectivity index (χ3v) is 6.03. The Morgan fingerprint density at radius 2 is 1.80 bits per heavy atom. The quantitative estimate of drug-likeness (QED) is 0.915. The van der Waals surface area contributed by atoms with Crippen molar-refractivity contribution in [1.29, 1.82) is 0 Å². The van der Waals surface area contributed by atoms with Gasteiger partial charge >= 0.3 is 0 Å². The Balaban J connectivity index is 1.51. The van der Waals surface area contributed by atoms with Crippen LogP contribution in [0.1, 0.15) is 62.1 Å². The van der Waals surface area contributed by atoms with Gasteiger partial charge in [-0.05, 0) is 49.1 Å². The highest BCUT2D eigenvalue weighted by Gasteiger charge is 2.41. The van der Waals surface area contributed by atoms with Crippen LogP contribution in [-0.4, -0.2) is 29.8 Å². The van der Waals surface area contributed by atoms with Crippen LogP contribution in [0, 0.1) is 11.8 Å². The second kappa shape index (κ2) is 7.19. The molecular formula is C21H28N2O2. The molecule has 1 atom stereocenters. The summed E-state index contributed by atoms with van der Waals surface area (Å²) in [6, 6.07) is 7.67. The summed E-state index contributed by atoms with van der Waals surface area (Å²) >= 11 is 0. The summed E-state index contributed by atoms with van der Waals surface area (Å²) in [6.45, 7) is 1.41. The molecule has 1 heterocycles. The van der Waals surface area contributed by atoms with Gasteiger partial charge in [0.2, 0.25) is 11.8 Å². The van der Waals surface area contributed by atoms with Gasteiger partial charge in [-0.1, -0.05) is 43.5 Å². The predicted octanol–water partition coefficient (Wildman–Crippen LogP) is 3.22. The van der Waals surface area contributed by atoms with E-state index in [9.17, 15) is 9.59 Å².